The van der Waals surface area contributed by atoms with Gasteiger partial charge < -0.3 is 29.9 Å². The molecule has 2 aromatic rings. The summed E-state index contributed by atoms with van der Waals surface area (Å²) in [5.41, 5.74) is 0.912. The van der Waals surface area contributed by atoms with Gasteiger partial charge in [0.1, 0.15) is 18.2 Å². The summed E-state index contributed by atoms with van der Waals surface area (Å²) in [5.74, 6) is -0.445. The van der Waals surface area contributed by atoms with Crippen LogP contribution in [0.3, 0.4) is 0 Å². The van der Waals surface area contributed by atoms with Crippen LogP contribution in [-0.4, -0.2) is 73.6 Å². The van der Waals surface area contributed by atoms with Crippen molar-refractivity contribution in [3.8, 4) is 5.75 Å². The highest BCUT2D eigenvalue weighted by atomic mass is 19.1. The number of hydrogen-bond acceptors (Lipinski definition) is 5. The van der Waals surface area contributed by atoms with Crippen molar-refractivity contribution in [1.82, 2.24) is 9.80 Å². The first-order valence-corrected chi connectivity index (χ1v) is 12.3. The average molecular weight is 515 g/mol. The Bertz CT molecular complexity index is 1130. The second-order valence-electron chi connectivity index (χ2n) is 9.30. The van der Waals surface area contributed by atoms with Crippen LogP contribution in [0.15, 0.2) is 42.5 Å². The van der Waals surface area contributed by atoms with Crippen LogP contribution in [0.5, 0.6) is 5.75 Å². The summed E-state index contributed by atoms with van der Waals surface area (Å²) in [7, 11) is 3.27. The molecule has 1 aliphatic rings. The highest BCUT2D eigenvalue weighted by Gasteiger charge is 2.30. The van der Waals surface area contributed by atoms with Gasteiger partial charge in [0.05, 0.1) is 17.7 Å². The Kier molecular flexibility index (Phi) is 9.46. The molecule has 0 fully saturated rings. The number of rotatable bonds is 4. The Labute approximate surface area is 216 Å². The van der Waals surface area contributed by atoms with E-state index < -0.39 is 11.8 Å². The van der Waals surface area contributed by atoms with E-state index in [2.05, 4.69) is 10.6 Å². The molecule has 3 rings (SSSR count). The third kappa shape index (κ3) is 7.19. The van der Waals surface area contributed by atoms with E-state index in [1.165, 1.54) is 24.3 Å². The lowest BCUT2D eigenvalue weighted by Crippen LogP contribution is -2.48. The maximum Gasteiger partial charge on any atom is 0.323 e. The molecule has 0 aliphatic carbocycles. The van der Waals surface area contributed by atoms with E-state index in [-0.39, 0.29) is 42.0 Å². The molecule has 37 heavy (non-hydrogen) atoms. The van der Waals surface area contributed by atoms with Gasteiger partial charge in [-0.25, -0.2) is 9.18 Å². The molecule has 1 aliphatic heterocycles. The molecule has 9 nitrogen and oxygen atoms in total. The summed E-state index contributed by atoms with van der Waals surface area (Å²) >= 11 is 0. The van der Waals surface area contributed by atoms with E-state index in [1.54, 1.807) is 42.2 Å². The number of nitrogens with zero attached hydrogens (tertiary/aromatic N) is 2. The number of likely N-dealkylation sites (N-methyl/N-ethyl adjacent to an activating group) is 1. The van der Waals surface area contributed by atoms with Crippen molar-refractivity contribution < 1.29 is 28.2 Å². The van der Waals surface area contributed by atoms with Crippen LogP contribution in [-0.2, 0) is 9.53 Å². The second kappa shape index (κ2) is 12.5. The van der Waals surface area contributed by atoms with Crippen molar-refractivity contribution in [2.24, 2.45) is 5.92 Å². The molecule has 200 valence electrons. The topological polar surface area (TPSA) is 100 Å². The van der Waals surface area contributed by atoms with Crippen LogP contribution in [0.25, 0.3) is 0 Å². The molecule has 10 heteroatoms. The van der Waals surface area contributed by atoms with Crippen molar-refractivity contribution in [2.75, 3.05) is 44.5 Å². The number of urea groups is 1. The minimum absolute atomic E-state index is 0.0170. The SMILES string of the molecule is CCC(=O)N1C[C@H](C)[C@H](OC)CN(C)C(=O)c2cc(NC(=O)Nc3cccc(F)c3)ccc2OC[C@H]1C. The summed E-state index contributed by atoms with van der Waals surface area (Å²) in [4.78, 5) is 42.0. The van der Waals surface area contributed by atoms with E-state index in [0.29, 0.717) is 36.6 Å². The zero-order chi connectivity index (χ0) is 27.1. The van der Waals surface area contributed by atoms with Crippen molar-refractivity contribution in [3.63, 3.8) is 0 Å². The van der Waals surface area contributed by atoms with Crippen LogP contribution >= 0.6 is 0 Å². The van der Waals surface area contributed by atoms with Gasteiger partial charge in [-0.15, -0.1) is 0 Å². The maximum absolute atomic E-state index is 13.4. The monoisotopic (exact) mass is 514 g/mol. The van der Waals surface area contributed by atoms with Crippen LogP contribution < -0.4 is 15.4 Å². The third-order valence-electron chi connectivity index (χ3n) is 6.41. The summed E-state index contributed by atoms with van der Waals surface area (Å²) in [6.45, 7) is 6.70. The Morgan fingerprint density at radius 3 is 2.46 bits per heavy atom. The Morgan fingerprint density at radius 1 is 1.11 bits per heavy atom. The highest BCUT2D eigenvalue weighted by molar-refractivity contribution is 6.02. The molecule has 0 bridgehead atoms. The van der Waals surface area contributed by atoms with E-state index >= 15 is 0 Å². The first-order valence-electron chi connectivity index (χ1n) is 12.3. The van der Waals surface area contributed by atoms with Crippen LogP contribution in [0.4, 0.5) is 20.6 Å². The lowest BCUT2D eigenvalue weighted by molar-refractivity contribution is -0.135. The van der Waals surface area contributed by atoms with E-state index in [4.69, 9.17) is 9.47 Å². The fourth-order valence-electron chi connectivity index (χ4n) is 4.26. The molecule has 3 atom stereocenters. The number of nitrogens with one attached hydrogen (secondary N) is 2. The zero-order valence-corrected chi connectivity index (χ0v) is 21.9. The van der Waals surface area contributed by atoms with Gasteiger partial charge in [0.15, 0.2) is 0 Å². The molecule has 0 radical (unpaired) electrons. The first-order chi connectivity index (χ1) is 17.6. The Hall–Kier alpha value is -3.66. The minimum Gasteiger partial charge on any atom is -0.491 e. The number of benzene rings is 2. The van der Waals surface area contributed by atoms with Gasteiger partial charge in [-0.05, 0) is 43.3 Å². The number of ether oxygens (including phenoxy) is 2. The number of methoxy groups -OCH3 is 1. The van der Waals surface area contributed by atoms with E-state index in [1.807, 2.05) is 20.8 Å². The number of hydrogen-bond donors (Lipinski definition) is 2. The smallest absolute Gasteiger partial charge is 0.323 e. The van der Waals surface area contributed by atoms with Gasteiger partial charge in [0.2, 0.25) is 5.91 Å². The lowest BCUT2D eigenvalue weighted by Gasteiger charge is -2.36. The Morgan fingerprint density at radius 2 is 1.81 bits per heavy atom. The van der Waals surface area contributed by atoms with Crippen molar-refractivity contribution in [1.29, 1.82) is 0 Å². The molecule has 4 amide bonds. The summed E-state index contributed by atoms with van der Waals surface area (Å²) < 4.78 is 25.2. The maximum atomic E-state index is 13.4. The van der Waals surface area contributed by atoms with Gasteiger partial charge in [-0.3, -0.25) is 9.59 Å². The van der Waals surface area contributed by atoms with Crippen LogP contribution in [0.2, 0.25) is 0 Å². The summed E-state index contributed by atoms with van der Waals surface area (Å²) in [6.07, 6.45) is 0.0756. The summed E-state index contributed by atoms with van der Waals surface area (Å²) in [5, 5.41) is 5.23. The van der Waals surface area contributed by atoms with Gasteiger partial charge in [-0.2, -0.15) is 0 Å². The predicted octanol–water partition coefficient (Wildman–Crippen LogP) is 4.21. The molecule has 2 N–H and O–H groups in total. The van der Waals surface area contributed by atoms with Gasteiger partial charge in [0, 0.05) is 51.0 Å². The van der Waals surface area contributed by atoms with Crippen molar-refractivity contribution in [2.45, 2.75) is 39.3 Å². The van der Waals surface area contributed by atoms with Gasteiger partial charge in [0.25, 0.3) is 5.91 Å². The Balaban J connectivity index is 1.88. The number of fused-ring (bicyclic) bond motifs is 1. The average Bonchev–Trinajstić information content (AvgIpc) is 2.87. The number of carbonyl (C=O) groups is 3. The summed E-state index contributed by atoms with van der Waals surface area (Å²) in [6, 6.07) is 9.47. The third-order valence-corrected chi connectivity index (χ3v) is 6.41. The number of amides is 4. The minimum atomic E-state index is -0.587. The van der Waals surface area contributed by atoms with E-state index in [0.717, 1.165) is 0 Å². The highest BCUT2D eigenvalue weighted by Crippen LogP contribution is 2.27. The number of halogens is 1. The fraction of sp³-hybridized carbons (Fsp3) is 0.444. The first kappa shape index (κ1) is 27.9. The standard InChI is InChI=1S/C27H35FN4O5/c1-6-25(33)32-14-17(2)24(36-5)15-31(4)26(34)22-13-21(10-11-23(22)37-16-18(32)3)30-27(35)29-20-9-7-8-19(28)12-20/h7-13,17-18,24H,6,14-16H2,1-5H3,(H2,29,30,35)/t17-,18+,24+/m0/s1. The lowest BCUT2D eigenvalue weighted by atomic mass is 10.0. The molecule has 0 spiro atoms. The van der Waals surface area contributed by atoms with Crippen LogP contribution in [0.1, 0.15) is 37.6 Å². The molecule has 0 unspecified atom stereocenters. The normalized spacial score (nSPS) is 20.7. The molecule has 0 saturated carbocycles. The molecule has 0 aromatic heterocycles. The predicted molar refractivity (Wildman–Crippen MR) is 139 cm³/mol. The number of anilines is 2. The van der Waals surface area contributed by atoms with Gasteiger partial charge in [-0.1, -0.05) is 19.9 Å². The quantitative estimate of drug-likeness (QED) is 0.637. The molecular weight excluding hydrogens is 479 g/mol. The second-order valence-corrected chi connectivity index (χ2v) is 9.30. The molecular formula is C27H35FN4O5. The van der Waals surface area contributed by atoms with Crippen molar-refractivity contribution in [3.05, 3.63) is 53.8 Å². The van der Waals surface area contributed by atoms with Crippen LogP contribution in [0, 0.1) is 11.7 Å². The van der Waals surface area contributed by atoms with E-state index in [9.17, 15) is 18.8 Å². The van der Waals surface area contributed by atoms with Gasteiger partial charge >= 0.3 is 6.03 Å². The van der Waals surface area contributed by atoms with Crippen molar-refractivity contribution >= 4 is 29.2 Å². The largest absolute Gasteiger partial charge is 0.491 e. The zero-order valence-electron chi connectivity index (χ0n) is 21.9. The molecule has 0 saturated heterocycles. The molecule has 2 aromatic carbocycles. The fourth-order valence-corrected chi connectivity index (χ4v) is 4.26. The molecule has 1 heterocycles. The number of carbonyl (C=O) groups excluding carboxylic acids is 3.